The van der Waals surface area contributed by atoms with Crippen molar-refractivity contribution in [1.82, 2.24) is 20.1 Å². The molecule has 0 saturated carbocycles. The average Bonchev–Trinajstić information content (AvgIpc) is 2.59. The lowest BCUT2D eigenvalue weighted by Crippen LogP contribution is -2.28. The summed E-state index contributed by atoms with van der Waals surface area (Å²) in [6.07, 6.45) is 8.74. The van der Waals surface area contributed by atoms with Crippen molar-refractivity contribution in [2.24, 2.45) is 7.05 Å². The van der Waals surface area contributed by atoms with Crippen LogP contribution in [0.1, 0.15) is 25.6 Å². The fourth-order valence-corrected chi connectivity index (χ4v) is 1.21. The van der Waals surface area contributed by atoms with Crippen LogP contribution >= 0.6 is 0 Å². The van der Waals surface area contributed by atoms with Gasteiger partial charge in [0.05, 0.1) is 6.54 Å². The Morgan fingerprint density at radius 3 is 3.00 bits per heavy atom. The number of hydrogen-bond acceptors (Lipinski definition) is 3. The second-order valence-electron chi connectivity index (χ2n) is 3.25. The minimum Gasteiger partial charge on any atom is -0.320 e. The van der Waals surface area contributed by atoms with E-state index in [0.717, 1.165) is 25.2 Å². The average molecular weight is 192 g/mol. The summed E-state index contributed by atoms with van der Waals surface area (Å²) in [4.78, 5) is 0. The van der Waals surface area contributed by atoms with Crippen LogP contribution in [0.25, 0.3) is 0 Å². The van der Waals surface area contributed by atoms with E-state index in [1.165, 1.54) is 0 Å². The summed E-state index contributed by atoms with van der Waals surface area (Å²) in [7, 11) is 1.93. The molecule has 4 nitrogen and oxygen atoms in total. The van der Waals surface area contributed by atoms with E-state index in [1.807, 2.05) is 11.6 Å². The van der Waals surface area contributed by atoms with Gasteiger partial charge in [0.1, 0.15) is 12.2 Å². The Balaban J connectivity index is 2.40. The summed E-state index contributed by atoms with van der Waals surface area (Å²) in [5, 5.41) is 11.1. The van der Waals surface area contributed by atoms with Gasteiger partial charge in [-0.2, -0.15) is 0 Å². The highest BCUT2D eigenvalue weighted by Gasteiger charge is 2.05. The molecule has 14 heavy (non-hydrogen) atoms. The lowest BCUT2D eigenvalue weighted by Gasteiger charge is -2.13. The monoisotopic (exact) mass is 192 g/mol. The van der Waals surface area contributed by atoms with E-state index in [4.69, 9.17) is 6.42 Å². The summed E-state index contributed by atoms with van der Waals surface area (Å²) in [5.74, 6) is 3.59. The van der Waals surface area contributed by atoms with Crippen molar-refractivity contribution in [3.05, 3.63) is 12.2 Å². The van der Waals surface area contributed by atoms with E-state index in [2.05, 4.69) is 28.4 Å². The minimum atomic E-state index is 0.372. The highest BCUT2D eigenvalue weighted by Crippen LogP contribution is 1.98. The number of terminal acetylenes is 1. The predicted molar refractivity (Wildman–Crippen MR) is 55.4 cm³/mol. The Morgan fingerprint density at radius 1 is 1.71 bits per heavy atom. The highest BCUT2D eigenvalue weighted by atomic mass is 15.3. The van der Waals surface area contributed by atoms with Crippen molar-refractivity contribution in [2.75, 3.05) is 0 Å². The normalized spacial score (nSPS) is 12.4. The first-order chi connectivity index (χ1) is 6.77. The van der Waals surface area contributed by atoms with Crippen LogP contribution in [0.4, 0.5) is 0 Å². The third-order valence-corrected chi connectivity index (χ3v) is 2.21. The molecule has 1 aromatic rings. The van der Waals surface area contributed by atoms with E-state index < -0.39 is 0 Å². The first-order valence-corrected chi connectivity index (χ1v) is 4.77. The van der Waals surface area contributed by atoms with Crippen molar-refractivity contribution in [1.29, 1.82) is 0 Å². The number of nitrogens with one attached hydrogen (secondary N) is 1. The topological polar surface area (TPSA) is 42.7 Å². The fraction of sp³-hybridized carbons (Fsp3) is 0.600. The Kier molecular flexibility index (Phi) is 4.14. The SMILES string of the molecule is C#CCC(CC)NCc1nncn1C. The molecular formula is C10H16N4. The lowest BCUT2D eigenvalue weighted by molar-refractivity contribution is 0.491. The molecule has 0 amide bonds. The van der Waals surface area contributed by atoms with Crippen LogP contribution in [-0.2, 0) is 13.6 Å². The van der Waals surface area contributed by atoms with Crippen molar-refractivity contribution in [3.8, 4) is 12.3 Å². The van der Waals surface area contributed by atoms with Gasteiger partial charge in [-0.05, 0) is 6.42 Å². The van der Waals surface area contributed by atoms with Gasteiger partial charge in [-0.15, -0.1) is 22.5 Å². The predicted octanol–water partition coefficient (Wildman–Crippen LogP) is 0.707. The molecule has 1 rings (SSSR count). The zero-order valence-electron chi connectivity index (χ0n) is 8.70. The second kappa shape index (κ2) is 5.40. The molecule has 0 bridgehead atoms. The molecular weight excluding hydrogens is 176 g/mol. The molecule has 0 aromatic carbocycles. The van der Waals surface area contributed by atoms with Gasteiger partial charge in [0.2, 0.25) is 0 Å². The first kappa shape index (κ1) is 10.7. The van der Waals surface area contributed by atoms with E-state index in [1.54, 1.807) is 6.33 Å². The van der Waals surface area contributed by atoms with Crippen LogP contribution < -0.4 is 5.32 Å². The number of aryl methyl sites for hydroxylation is 1. The van der Waals surface area contributed by atoms with Gasteiger partial charge in [0.15, 0.2) is 0 Å². The number of aromatic nitrogens is 3. The molecule has 0 aliphatic carbocycles. The first-order valence-electron chi connectivity index (χ1n) is 4.77. The zero-order chi connectivity index (χ0) is 10.4. The molecule has 1 aromatic heterocycles. The van der Waals surface area contributed by atoms with Crippen LogP contribution in [-0.4, -0.2) is 20.8 Å². The molecule has 0 aliphatic rings. The maximum atomic E-state index is 5.26. The number of nitrogens with zero attached hydrogens (tertiary/aromatic N) is 3. The molecule has 1 unspecified atom stereocenters. The Labute approximate surface area is 84.7 Å². The maximum Gasteiger partial charge on any atom is 0.146 e. The van der Waals surface area contributed by atoms with Crippen molar-refractivity contribution in [2.45, 2.75) is 32.4 Å². The van der Waals surface area contributed by atoms with Crippen LogP contribution in [0.2, 0.25) is 0 Å². The molecule has 76 valence electrons. The van der Waals surface area contributed by atoms with Crippen LogP contribution in [0.3, 0.4) is 0 Å². The maximum absolute atomic E-state index is 5.26. The molecule has 0 spiro atoms. The third kappa shape index (κ3) is 2.86. The molecule has 0 saturated heterocycles. The van der Waals surface area contributed by atoms with Gasteiger partial charge in [-0.1, -0.05) is 6.92 Å². The molecule has 4 heteroatoms. The Morgan fingerprint density at radius 2 is 2.50 bits per heavy atom. The summed E-state index contributed by atoms with van der Waals surface area (Å²) in [6.45, 7) is 2.84. The minimum absolute atomic E-state index is 0.372. The largest absolute Gasteiger partial charge is 0.320 e. The molecule has 0 radical (unpaired) electrons. The van der Waals surface area contributed by atoms with Crippen LogP contribution in [0.5, 0.6) is 0 Å². The number of hydrogen-bond donors (Lipinski definition) is 1. The smallest absolute Gasteiger partial charge is 0.146 e. The summed E-state index contributed by atoms with van der Waals surface area (Å²) in [5.41, 5.74) is 0. The van der Waals surface area contributed by atoms with Gasteiger partial charge < -0.3 is 9.88 Å². The third-order valence-electron chi connectivity index (χ3n) is 2.21. The zero-order valence-corrected chi connectivity index (χ0v) is 8.70. The Bertz CT molecular complexity index is 310. The fourth-order valence-electron chi connectivity index (χ4n) is 1.21. The lowest BCUT2D eigenvalue weighted by atomic mass is 10.1. The van der Waals surface area contributed by atoms with E-state index in [0.29, 0.717) is 6.04 Å². The molecule has 1 atom stereocenters. The second-order valence-corrected chi connectivity index (χ2v) is 3.25. The van der Waals surface area contributed by atoms with Gasteiger partial charge in [0.25, 0.3) is 0 Å². The standard InChI is InChI=1S/C10H16N4/c1-4-6-9(5-2)11-7-10-13-12-8-14(10)3/h1,8-9,11H,5-7H2,2-3H3. The number of rotatable bonds is 5. The highest BCUT2D eigenvalue weighted by molar-refractivity contribution is 4.91. The quantitative estimate of drug-likeness (QED) is 0.699. The van der Waals surface area contributed by atoms with Gasteiger partial charge in [-0.3, -0.25) is 0 Å². The van der Waals surface area contributed by atoms with Crippen LogP contribution in [0, 0.1) is 12.3 Å². The molecule has 1 heterocycles. The molecule has 0 fully saturated rings. The van der Waals surface area contributed by atoms with E-state index in [-0.39, 0.29) is 0 Å². The van der Waals surface area contributed by atoms with Crippen molar-refractivity contribution in [3.63, 3.8) is 0 Å². The molecule has 1 N–H and O–H groups in total. The van der Waals surface area contributed by atoms with Gasteiger partial charge >= 0.3 is 0 Å². The van der Waals surface area contributed by atoms with E-state index >= 15 is 0 Å². The van der Waals surface area contributed by atoms with Crippen molar-refractivity contribution >= 4 is 0 Å². The van der Waals surface area contributed by atoms with E-state index in [9.17, 15) is 0 Å². The Hall–Kier alpha value is -1.34. The summed E-state index contributed by atoms with van der Waals surface area (Å²) >= 11 is 0. The van der Waals surface area contributed by atoms with Crippen LogP contribution in [0.15, 0.2) is 6.33 Å². The molecule has 0 aliphatic heterocycles. The summed E-state index contributed by atoms with van der Waals surface area (Å²) in [6, 6.07) is 0.372. The van der Waals surface area contributed by atoms with Gasteiger partial charge in [-0.25, -0.2) is 0 Å². The summed E-state index contributed by atoms with van der Waals surface area (Å²) < 4.78 is 1.90. The van der Waals surface area contributed by atoms with Gasteiger partial charge in [0, 0.05) is 19.5 Å². The van der Waals surface area contributed by atoms with Crippen molar-refractivity contribution < 1.29 is 0 Å².